The van der Waals surface area contributed by atoms with Crippen molar-refractivity contribution in [2.45, 2.75) is 0 Å². The molecule has 0 saturated carbocycles. The lowest BCUT2D eigenvalue weighted by Crippen LogP contribution is -2.12. The van der Waals surface area contributed by atoms with Crippen LogP contribution in [0.5, 0.6) is 0 Å². The molecule has 0 spiro atoms. The van der Waals surface area contributed by atoms with E-state index in [0.29, 0.717) is 11.3 Å². The molecule has 5 aromatic rings. The zero-order valence-corrected chi connectivity index (χ0v) is 14.0. The van der Waals surface area contributed by atoms with Gasteiger partial charge in [0.2, 0.25) is 0 Å². The van der Waals surface area contributed by atoms with Gasteiger partial charge in [0.1, 0.15) is 5.58 Å². The summed E-state index contributed by atoms with van der Waals surface area (Å²) >= 11 is 0. The largest absolute Gasteiger partial charge is 0.451 e. The first-order chi connectivity index (χ1) is 13.3. The fourth-order valence-electron chi connectivity index (χ4n) is 2.96. The number of fused-ring (bicyclic) bond motifs is 2. The van der Waals surface area contributed by atoms with Crippen molar-refractivity contribution in [1.82, 2.24) is 10.2 Å². The highest BCUT2D eigenvalue weighted by Gasteiger charge is 2.16. The van der Waals surface area contributed by atoms with E-state index in [0.717, 1.165) is 21.7 Å². The second kappa shape index (κ2) is 6.10. The molecule has 0 aliphatic heterocycles. The standard InChI is InChI=1S/C21H13N3O3/c25-19(16-10-9-13-5-1-2-6-14(13)11-16)22-21-24-23-20(27-21)18-12-15-7-3-4-8-17(15)26-18/h1-12H,(H,22,24,25). The second-order valence-electron chi connectivity index (χ2n) is 6.08. The highest BCUT2D eigenvalue weighted by atomic mass is 16.4. The number of aromatic nitrogens is 2. The molecule has 1 N–H and O–H groups in total. The second-order valence-corrected chi connectivity index (χ2v) is 6.08. The SMILES string of the molecule is O=C(Nc1nnc(-c2cc3ccccc3o2)o1)c1ccc2ccccc2c1. The quantitative estimate of drug-likeness (QED) is 0.498. The molecule has 0 fully saturated rings. The third kappa shape index (κ3) is 2.83. The van der Waals surface area contributed by atoms with Crippen molar-refractivity contribution in [3.8, 4) is 11.7 Å². The molecule has 0 aliphatic rings. The third-order valence-electron chi connectivity index (χ3n) is 4.29. The molecule has 1 amide bonds. The minimum atomic E-state index is -0.319. The van der Waals surface area contributed by atoms with Gasteiger partial charge in [0, 0.05) is 10.9 Å². The first kappa shape index (κ1) is 15.3. The smallest absolute Gasteiger partial charge is 0.322 e. The number of hydrogen-bond acceptors (Lipinski definition) is 5. The van der Waals surface area contributed by atoms with E-state index in [1.54, 1.807) is 6.07 Å². The van der Waals surface area contributed by atoms with Crippen molar-refractivity contribution in [3.63, 3.8) is 0 Å². The fraction of sp³-hybridized carbons (Fsp3) is 0. The third-order valence-corrected chi connectivity index (χ3v) is 4.29. The Kier molecular flexibility index (Phi) is 3.47. The summed E-state index contributed by atoms with van der Waals surface area (Å²) in [6.45, 7) is 0. The van der Waals surface area contributed by atoms with Crippen molar-refractivity contribution >= 4 is 33.7 Å². The van der Waals surface area contributed by atoms with E-state index >= 15 is 0 Å². The molecule has 27 heavy (non-hydrogen) atoms. The van der Waals surface area contributed by atoms with Crippen LogP contribution >= 0.6 is 0 Å². The van der Waals surface area contributed by atoms with Crippen LogP contribution in [0.1, 0.15) is 10.4 Å². The summed E-state index contributed by atoms with van der Waals surface area (Å²) in [5.74, 6) is 0.343. The summed E-state index contributed by atoms with van der Waals surface area (Å²) in [6.07, 6.45) is 0. The van der Waals surface area contributed by atoms with E-state index in [9.17, 15) is 4.79 Å². The van der Waals surface area contributed by atoms with Crippen molar-refractivity contribution in [2.75, 3.05) is 5.32 Å². The summed E-state index contributed by atoms with van der Waals surface area (Å²) in [5.41, 5.74) is 1.24. The Morgan fingerprint density at radius 2 is 1.56 bits per heavy atom. The molecule has 5 rings (SSSR count). The number of nitrogens with zero attached hydrogens (tertiary/aromatic N) is 2. The molecule has 6 nitrogen and oxygen atoms in total. The van der Waals surface area contributed by atoms with Crippen LogP contribution in [0.25, 0.3) is 33.4 Å². The number of anilines is 1. The number of benzene rings is 3. The number of nitrogens with one attached hydrogen (secondary N) is 1. The van der Waals surface area contributed by atoms with Crippen molar-refractivity contribution < 1.29 is 13.6 Å². The predicted molar refractivity (Wildman–Crippen MR) is 101 cm³/mol. The zero-order valence-electron chi connectivity index (χ0n) is 14.0. The zero-order chi connectivity index (χ0) is 18.2. The molecule has 0 atom stereocenters. The maximum Gasteiger partial charge on any atom is 0.322 e. The molecular formula is C21H13N3O3. The normalized spacial score (nSPS) is 11.1. The Labute approximate surface area is 153 Å². The Bertz CT molecular complexity index is 1250. The van der Waals surface area contributed by atoms with E-state index in [1.807, 2.05) is 66.7 Å². The van der Waals surface area contributed by atoms with Crippen LogP contribution < -0.4 is 5.32 Å². The van der Waals surface area contributed by atoms with Gasteiger partial charge in [0.15, 0.2) is 5.76 Å². The average molecular weight is 355 g/mol. The molecule has 0 radical (unpaired) electrons. The van der Waals surface area contributed by atoms with Crippen LogP contribution in [-0.4, -0.2) is 16.1 Å². The van der Waals surface area contributed by atoms with Crippen molar-refractivity contribution in [1.29, 1.82) is 0 Å². The Morgan fingerprint density at radius 1 is 0.778 bits per heavy atom. The van der Waals surface area contributed by atoms with Gasteiger partial charge < -0.3 is 8.83 Å². The summed E-state index contributed by atoms with van der Waals surface area (Å²) in [5, 5.41) is 13.5. The first-order valence-electron chi connectivity index (χ1n) is 8.39. The Morgan fingerprint density at radius 3 is 2.41 bits per heavy atom. The van der Waals surface area contributed by atoms with Crippen LogP contribution in [0.3, 0.4) is 0 Å². The van der Waals surface area contributed by atoms with E-state index < -0.39 is 0 Å². The van der Waals surface area contributed by atoms with Crippen LogP contribution in [0.15, 0.2) is 81.6 Å². The van der Waals surface area contributed by atoms with Gasteiger partial charge in [-0.05, 0) is 35.0 Å². The van der Waals surface area contributed by atoms with Gasteiger partial charge in [0.25, 0.3) is 11.8 Å². The summed E-state index contributed by atoms with van der Waals surface area (Å²) in [4.78, 5) is 12.5. The number of carbonyl (C=O) groups excluding carboxylic acids is 1. The lowest BCUT2D eigenvalue weighted by atomic mass is 10.1. The van der Waals surface area contributed by atoms with E-state index in [4.69, 9.17) is 8.83 Å². The van der Waals surface area contributed by atoms with Gasteiger partial charge in [-0.25, -0.2) is 0 Å². The molecule has 6 heteroatoms. The molecule has 0 saturated heterocycles. The minimum absolute atomic E-state index is 0.0172. The fourth-order valence-corrected chi connectivity index (χ4v) is 2.96. The Balaban J connectivity index is 1.39. The Hall–Kier alpha value is -3.93. The highest BCUT2D eigenvalue weighted by Crippen LogP contribution is 2.27. The number of hydrogen-bond donors (Lipinski definition) is 1. The van der Waals surface area contributed by atoms with Gasteiger partial charge in [-0.15, -0.1) is 5.10 Å². The van der Waals surface area contributed by atoms with Gasteiger partial charge in [0.05, 0.1) is 0 Å². The van der Waals surface area contributed by atoms with Gasteiger partial charge in [-0.1, -0.05) is 53.6 Å². The lowest BCUT2D eigenvalue weighted by Gasteiger charge is -2.02. The molecule has 130 valence electrons. The molecule has 3 aromatic carbocycles. The molecular weight excluding hydrogens is 342 g/mol. The van der Waals surface area contributed by atoms with Crippen molar-refractivity contribution in [3.05, 3.63) is 78.4 Å². The number of amides is 1. The highest BCUT2D eigenvalue weighted by molar-refractivity contribution is 6.05. The van der Waals surface area contributed by atoms with E-state index in [1.165, 1.54) is 0 Å². The molecule has 2 aromatic heterocycles. The molecule has 2 heterocycles. The van der Waals surface area contributed by atoms with E-state index in [-0.39, 0.29) is 17.8 Å². The predicted octanol–water partition coefficient (Wildman–Crippen LogP) is 4.89. The maximum atomic E-state index is 12.5. The van der Waals surface area contributed by atoms with Gasteiger partial charge >= 0.3 is 6.01 Å². The first-order valence-corrected chi connectivity index (χ1v) is 8.39. The minimum Gasteiger partial charge on any atom is -0.451 e. The molecule has 0 unspecified atom stereocenters. The monoisotopic (exact) mass is 355 g/mol. The van der Waals surface area contributed by atoms with Gasteiger partial charge in [-0.3, -0.25) is 10.1 Å². The number of carbonyl (C=O) groups is 1. The van der Waals surface area contributed by atoms with E-state index in [2.05, 4.69) is 15.5 Å². The lowest BCUT2D eigenvalue weighted by molar-refractivity contribution is 0.102. The average Bonchev–Trinajstić information content (AvgIpc) is 3.34. The van der Waals surface area contributed by atoms with Crippen LogP contribution in [0.4, 0.5) is 6.01 Å². The molecule has 0 bridgehead atoms. The number of rotatable bonds is 3. The van der Waals surface area contributed by atoms with Crippen LogP contribution in [-0.2, 0) is 0 Å². The number of furan rings is 1. The van der Waals surface area contributed by atoms with Crippen LogP contribution in [0.2, 0.25) is 0 Å². The summed E-state index contributed by atoms with van der Waals surface area (Å²) in [6, 6.07) is 22.8. The number of para-hydroxylation sites is 1. The van der Waals surface area contributed by atoms with Gasteiger partial charge in [-0.2, -0.15) is 0 Å². The maximum absolute atomic E-state index is 12.5. The van der Waals surface area contributed by atoms with Crippen molar-refractivity contribution in [2.24, 2.45) is 0 Å². The molecule has 0 aliphatic carbocycles. The topological polar surface area (TPSA) is 81.2 Å². The summed E-state index contributed by atoms with van der Waals surface area (Å²) in [7, 11) is 0. The summed E-state index contributed by atoms with van der Waals surface area (Å²) < 4.78 is 11.2. The van der Waals surface area contributed by atoms with Crippen LogP contribution in [0, 0.1) is 0 Å².